The van der Waals surface area contributed by atoms with E-state index in [1.165, 1.54) is 12.1 Å². The van der Waals surface area contributed by atoms with Crippen molar-refractivity contribution in [3.05, 3.63) is 36.0 Å². The van der Waals surface area contributed by atoms with Gasteiger partial charge in [0.2, 0.25) is 11.7 Å². The molecule has 0 spiro atoms. The highest BCUT2D eigenvalue weighted by molar-refractivity contribution is 7.80. The lowest BCUT2D eigenvalue weighted by atomic mass is 10.2. The first kappa shape index (κ1) is 15.3. The van der Waals surface area contributed by atoms with Crippen molar-refractivity contribution in [2.45, 2.75) is 6.54 Å². The Hall–Kier alpha value is -2.06. The van der Waals surface area contributed by atoms with Gasteiger partial charge in [-0.25, -0.2) is 4.39 Å². The van der Waals surface area contributed by atoms with Gasteiger partial charge < -0.3 is 19.9 Å². The fraction of sp³-hybridized carbons (Fsp3) is 0.308. The molecule has 0 aliphatic carbocycles. The minimum absolute atomic E-state index is 0.293. The van der Waals surface area contributed by atoms with Crippen LogP contribution in [0.25, 0.3) is 11.4 Å². The average Bonchev–Trinajstić information content (AvgIpc) is 2.94. The van der Waals surface area contributed by atoms with Gasteiger partial charge in [-0.05, 0) is 24.4 Å². The van der Waals surface area contributed by atoms with Crippen LogP contribution in [0.3, 0.4) is 0 Å². The molecule has 0 fully saturated rings. The van der Waals surface area contributed by atoms with E-state index in [0.29, 0.717) is 42.1 Å². The van der Waals surface area contributed by atoms with Crippen LogP contribution in [0.5, 0.6) is 0 Å². The zero-order valence-corrected chi connectivity index (χ0v) is 12.2. The highest BCUT2D eigenvalue weighted by Crippen LogP contribution is 2.16. The minimum atomic E-state index is -0.347. The summed E-state index contributed by atoms with van der Waals surface area (Å²) in [7, 11) is 1.62. The fourth-order valence-electron chi connectivity index (χ4n) is 1.56. The predicted octanol–water partition coefficient (Wildman–Crippen LogP) is 1.49. The van der Waals surface area contributed by atoms with E-state index < -0.39 is 0 Å². The van der Waals surface area contributed by atoms with Gasteiger partial charge >= 0.3 is 0 Å². The molecule has 0 aliphatic heterocycles. The molecule has 1 aromatic heterocycles. The molecule has 0 aliphatic rings. The molecule has 1 heterocycles. The maximum atomic E-state index is 13.1. The van der Waals surface area contributed by atoms with E-state index in [1.54, 1.807) is 19.2 Å². The largest absolute Gasteiger partial charge is 0.383 e. The molecule has 0 bridgehead atoms. The molecule has 2 aromatic rings. The van der Waals surface area contributed by atoms with E-state index >= 15 is 0 Å². The van der Waals surface area contributed by atoms with Crippen LogP contribution in [-0.4, -0.2) is 35.5 Å². The lowest BCUT2D eigenvalue weighted by Gasteiger charge is -2.07. The van der Waals surface area contributed by atoms with Crippen LogP contribution in [0.4, 0.5) is 4.39 Å². The van der Waals surface area contributed by atoms with Gasteiger partial charge in [-0.2, -0.15) is 4.98 Å². The molecule has 0 unspecified atom stereocenters. The van der Waals surface area contributed by atoms with E-state index in [4.69, 9.17) is 21.5 Å². The van der Waals surface area contributed by atoms with Crippen molar-refractivity contribution >= 4 is 17.3 Å². The van der Waals surface area contributed by atoms with E-state index in [9.17, 15) is 4.39 Å². The number of halogens is 1. The SMILES string of the molecule is COCCNC(=S)NCc1nc(-c2cccc(F)c2)no1. The third-order valence-electron chi connectivity index (χ3n) is 2.54. The second-order valence-electron chi connectivity index (χ2n) is 4.12. The first-order chi connectivity index (χ1) is 10.2. The zero-order chi connectivity index (χ0) is 15.1. The maximum absolute atomic E-state index is 13.1. The molecule has 2 N–H and O–H groups in total. The fourth-order valence-corrected chi connectivity index (χ4v) is 1.73. The van der Waals surface area contributed by atoms with Gasteiger partial charge in [0.05, 0.1) is 13.2 Å². The number of thiocarbonyl (C=S) groups is 1. The van der Waals surface area contributed by atoms with Gasteiger partial charge in [0.1, 0.15) is 5.82 Å². The van der Waals surface area contributed by atoms with Crippen LogP contribution in [-0.2, 0) is 11.3 Å². The van der Waals surface area contributed by atoms with Crippen LogP contribution in [0.2, 0.25) is 0 Å². The first-order valence-corrected chi connectivity index (χ1v) is 6.69. The quantitative estimate of drug-likeness (QED) is 0.618. The third-order valence-corrected chi connectivity index (χ3v) is 2.83. The van der Waals surface area contributed by atoms with Crippen molar-refractivity contribution in [3.8, 4) is 11.4 Å². The van der Waals surface area contributed by atoms with Gasteiger partial charge in [0.15, 0.2) is 5.11 Å². The van der Waals surface area contributed by atoms with Crippen LogP contribution >= 0.6 is 12.2 Å². The van der Waals surface area contributed by atoms with Crippen molar-refractivity contribution < 1.29 is 13.7 Å². The summed E-state index contributed by atoms with van der Waals surface area (Å²) in [5.74, 6) is 0.357. The lowest BCUT2D eigenvalue weighted by molar-refractivity contribution is 0.204. The number of nitrogens with one attached hydrogen (secondary N) is 2. The monoisotopic (exact) mass is 310 g/mol. The Balaban J connectivity index is 1.87. The van der Waals surface area contributed by atoms with Crippen molar-refractivity contribution in [2.24, 2.45) is 0 Å². The molecule has 0 amide bonds. The number of aromatic nitrogens is 2. The Labute approximate surface area is 126 Å². The number of methoxy groups -OCH3 is 1. The number of ether oxygens (including phenoxy) is 1. The smallest absolute Gasteiger partial charge is 0.246 e. The summed E-state index contributed by atoms with van der Waals surface area (Å²) >= 11 is 5.07. The molecular formula is C13H15FN4O2S. The van der Waals surface area contributed by atoms with Crippen LogP contribution in [0.1, 0.15) is 5.89 Å². The van der Waals surface area contributed by atoms with Crippen LogP contribution in [0.15, 0.2) is 28.8 Å². The highest BCUT2D eigenvalue weighted by Gasteiger charge is 2.09. The van der Waals surface area contributed by atoms with Gasteiger partial charge in [-0.3, -0.25) is 0 Å². The molecular weight excluding hydrogens is 295 g/mol. The van der Waals surface area contributed by atoms with E-state index in [0.717, 1.165) is 0 Å². The summed E-state index contributed by atoms with van der Waals surface area (Å²) < 4.78 is 23.1. The summed E-state index contributed by atoms with van der Waals surface area (Å²) in [5.41, 5.74) is 0.561. The van der Waals surface area contributed by atoms with Crippen molar-refractivity contribution in [1.82, 2.24) is 20.8 Å². The molecule has 0 saturated heterocycles. The molecule has 2 rings (SSSR count). The Morgan fingerprint density at radius 2 is 2.29 bits per heavy atom. The second kappa shape index (κ2) is 7.65. The van der Waals surface area contributed by atoms with Crippen molar-refractivity contribution in [1.29, 1.82) is 0 Å². The summed E-state index contributed by atoms with van der Waals surface area (Å²) in [5, 5.41) is 10.2. The van der Waals surface area contributed by atoms with Gasteiger partial charge in [-0.15, -0.1) is 0 Å². The van der Waals surface area contributed by atoms with Gasteiger partial charge in [0.25, 0.3) is 0 Å². The number of nitrogens with zero attached hydrogens (tertiary/aromatic N) is 2. The molecule has 6 nitrogen and oxygen atoms in total. The van der Waals surface area contributed by atoms with E-state index in [2.05, 4.69) is 20.8 Å². The van der Waals surface area contributed by atoms with Crippen LogP contribution < -0.4 is 10.6 Å². The molecule has 21 heavy (non-hydrogen) atoms. The highest BCUT2D eigenvalue weighted by atomic mass is 32.1. The summed E-state index contributed by atoms with van der Waals surface area (Å²) in [6, 6.07) is 6.01. The minimum Gasteiger partial charge on any atom is -0.383 e. The maximum Gasteiger partial charge on any atom is 0.246 e. The normalized spacial score (nSPS) is 10.4. The van der Waals surface area contributed by atoms with E-state index in [1.807, 2.05) is 0 Å². The first-order valence-electron chi connectivity index (χ1n) is 6.28. The molecule has 0 radical (unpaired) electrons. The predicted molar refractivity (Wildman–Crippen MR) is 79.0 cm³/mol. The topological polar surface area (TPSA) is 72.2 Å². The Kier molecular flexibility index (Phi) is 5.59. The second-order valence-corrected chi connectivity index (χ2v) is 4.53. The van der Waals surface area contributed by atoms with Gasteiger partial charge in [0, 0.05) is 19.2 Å². The molecule has 0 saturated carbocycles. The number of benzene rings is 1. The third kappa shape index (κ3) is 4.76. The summed E-state index contributed by atoms with van der Waals surface area (Å²) in [6.45, 7) is 1.47. The van der Waals surface area contributed by atoms with Crippen LogP contribution in [0, 0.1) is 5.82 Å². The summed E-state index contributed by atoms with van der Waals surface area (Å²) in [6.07, 6.45) is 0. The van der Waals surface area contributed by atoms with Crippen molar-refractivity contribution in [3.63, 3.8) is 0 Å². The zero-order valence-electron chi connectivity index (χ0n) is 11.4. The van der Waals surface area contributed by atoms with Gasteiger partial charge in [-0.1, -0.05) is 17.3 Å². The Morgan fingerprint density at radius 1 is 1.43 bits per heavy atom. The summed E-state index contributed by atoms with van der Waals surface area (Å²) in [4.78, 5) is 4.17. The standard InChI is InChI=1S/C13H15FN4O2S/c1-19-6-5-15-13(21)16-8-11-17-12(18-20-11)9-3-2-4-10(14)7-9/h2-4,7H,5-6,8H2,1H3,(H2,15,16,21). The average molecular weight is 310 g/mol. The Bertz CT molecular complexity index is 605. The molecule has 1 aromatic carbocycles. The molecule has 112 valence electrons. The van der Waals surface area contributed by atoms with Crippen molar-refractivity contribution in [2.75, 3.05) is 20.3 Å². The number of hydrogen-bond donors (Lipinski definition) is 2. The number of hydrogen-bond acceptors (Lipinski definition) is 5. The lowest BCUT2D eigenvalue weighted by Crippen LogP contribution is -2.36. The van der Waals surface area contributed by atoms with E-state index in [-0.39, 0.29) is 5.82 Å². The Morgan fingerprint density at radius 3 is 3.05 bits per heavy atom. The molecule has 0 atom stereocenters. The molecule has 8 heteroatoms. The number of rotatable bonds is 6.